The van der Waals surface area contributed by atoms with Crippen molar-refractivity contribution in [3.63, 3.8) is 0 Å². The first-order valence-corrected chi connectivity index (χ1v) is 9.88. The summed E-state index contributed by atoms with van der Waals surface area (Å²) in [6.45, 7) is 8.83. The molecule has 1 aromatic carbocycles. The van der Waals surface area contributed by atoms with Gasteiger partial charge in [-0.05, 0) is 50.4 Å². The third-order valence-corrected chi connectivity index (χ3v) is 5.92. The second-order valence-corrected chi connectivity index (χ2v) is 7.96. The maximum Gasteiger partial charge on any atom is 0.226 e. The molecule has 0 unspecified atom stereocenters. The van der Waals surface area contributed by atoms with Gasteiger partial charge < -0.3 is 14.5 Å². The number of carbonyl (C=O) groups excluding carboxylic acids is 1. The van der Waals surface area contributed by atoms with Crippen LogP contribution in [0.25, 0.3) is 0 Å². The SMILES string of the molecule is COc1cccc(CC(=O)N2CCC(CN3CCN(C)C[C@@H]3C)CC2)c1. The van der Waals surface area contributed by atoms with Crippen molar-refractivity contribution in [2.45, 2.75) is 32.2 Å². The first kappa shape index (κ1) is 19.2. The number of ether oxygens (including phenoxy) is 1. The van der Waals surface area contributed by atoms with Gasteiger partial charge in [-0.1, -0.05) is 12.1 Å². The molecule has 144 valence electrons. The molecule has 0 N–H and O–H groups in total. The molecule has 0 aliphatic carbocycles. The summed E-state index contributed by atoms with van der Waals surface area (Å²) in [6.07, 6.45) is 2.73. The van der Waals surface area contributed by atoms with Crippen LogP contribution < -0.4 is 4.74 Å². The van der Waals surface area contributed by atoms with E-state index < -0.39 is 0 Å². The summed E-state index contributed by atoms with van der Waals surface area (Å²) >= 11 is 0. The molecule has 0 bridgehead atoms. The van der Waals surface area contributed by atoms with Gasteiger partial charge in [0.1, 0.15) is 5.75 Å². The Morgan fingerprint density at radius 1 is 1.19 bits per heavy atom. The molecule has 3 rings (SSSR count). The molecule has 0 saturated carbocycles. The average molecular weight is 360 g/mol. The van der Waals surface area contributed by atoms with E-state index in [1.807, 2.05) is 29.2 Å². The first-order chi connectivity index (χ1) is 12.5. The normalized spacial score (nSPS) is 23.2. The molecule has 26 heavy (non-hydrogen) atoms. The van der Waals surface area contributed by atoms with Gasteiger partial charge in [0.25, 0.3) is 0 Å². The fourth-order valence-corrected chi connectivity index (χ4v) is 4.21. The third-order valence-electron chi connectivity index (χ3n) is 5.92. The van der Waals surface area contributed by atoms with Crippen LogP contribution in [0.2, 0.25) is 0 Å². The van der Waals surface area contributed by atoms with Crippen LogP contribution in [-0.4, -0.2) is 80.1 Å². The second kappa shape index (κ2) is 8.87. The maximum absolute atomic E-state index is 12.6. The first-order valence-electron chi connectivity index (χ1n) is 9.88. The number of nitrogens with zero attached hydrogens (tertiary/aromatic N) is 3. The Labute approximate surface area is 157 Å². The van der Waals surface area contributed by atoms with Crippen molar-refractivity contribution in [1.29, 1.82) is 0 Å². The van der Waals surface area contributed by atoms with Gasteiger partial charge in [-0.15, -0.1) is 0 Å². The zero-order valence-electron chi connectivity index (χ0n) is 16.5. The van der Waals surface area contributed by atoms with Crippen LogP contribution in [0, 0.1) is 5.92 Å². The van der Waals surface area contributed by atoms with Crippen molar-refractivity contribution in [1.82, 2.24) is 14.7 Å². The zero-order valence-corrected chi connectivity index (χ0v) is 16.5. The minimum atomic E-state index is 0.240. The molecule has 2 aliphatic rings. The molecule has 1 atom stereocenters. The van der Waals surface area contributed by atoms with Gasteiger partial charge in [-0.3, -0.25) is 9.69 Å². The minimum absolute atomic E-state index is 0.240. The number of hydrogen-bond acceptors (Lipinski definition) is 4. The Morgan fingerprint density at radius 3 is 2.65 bits per heavy atom. The van der Waals surface area contributed by atoms with Crippen molar-refractivity contribution in [3.8, 4) is 5.75 Å². The molecule has 0 radical (unpaired) electrons. The molecule has 0 aromatic heterocycles. The lowest BCUT2D eigenvalue weighted by Crippen LogP contribution is -2.52. The highest BCUT2D eigenvalue weighted by Gasteiger charge is 2.27. The maximum atomic E-state index is 12.6. The number of carbonyl (C=O) groups is 1. The van der Waals surface area contributed by atoms with Crippen molar-refractivity contribution < 1.29 is 9.53 Å². The second-order valence-electron chi connectivity index (χ2n) is 7.96. The van der Waals surface area contributed by atoms with Gasteiger partial charge in [0.2, 0.25) is 5.91 Å². The summed E-state index contributed by atoms with van der Waals surface area (Å²) in [5.41, 5.74) is 1.03. The van der Waals surface area contributed by atoms with Crippen LogP contribution >= 0.6 is 0 Å². The highest BCUT2D eigenvalue weighted by molar-refractivity contribution is 5.79. The molecular formula is C21H33N3O2. The van der Waals surface area contributed by atoms with Crippen molar-refractivity contribution in [2.75, 3.05) is 53.4 Å². The van der Waals surface area contributed by atoms with Crippen molar-refractivity contribution in [2.24, 2.45) is 5.92 Å². The summed E-state index contributed by atoms with van der Waals surface area (Å²) < 4.78 is 5.25. The monoisotopic (exact) mass is 359 g/mol. The number of piperidine rings is 1. The standard InChI is InChI=1S/C21H33N3O2/c1-17-15-22(2)11-12-24(17)16-18-7-9-23(10-8-18)21(25)14-19-5-4-6-20(13-19)26-3/h4-6,13,17-18H,7-12,14-16H2,1-3H3/t17-/m0/s1. The quantitative estimate of drug-likeness (QED) is 0.807. The molecular weight excluding hydrogens is 326 g/mol. The van der Waals surface area contributed by atoms with Crippen LogP contribution in [0.1, 0.15) is 25.3 Å². The highest BCUT2D eigenvalue weighted by atomic mass is 16.5. The van der Waals surface area contributed by atoms with E-state index in [9.17, 15) is 4.79 Å². The molecule has 0 spiro atoms. The van der Waals surface area contributed by atoms with E-state index in [-0.39, 0.29) is 5.91 Å². The summed E-state index contributed by atoms with van der Waals surface area (Å²) in [7, 11) is 3.87. The average Bonchev–Trinajstić information content (AvgIpc) is 2.64. The number of likely N-dealkylation sites (N-methyl/N-ethyl adjacent to an activating group) is 1. The van der Waals surface area contributed by atoms with Crippen molar-refractivity contribution in [3.05, 3.63) is 29.8 Å². The topological polar surface area (TPSA) is 36.0 Å². The molecule has 5 heteroatoms. The molecule has 1 aromatic rings. The van der Waals surface area contributed by atoms with E-state index in [1.54, 1.807) is 7.11 Å². The Kier molecular flexibility index (Phi) is 6.54. The van der Waals surface area contributed by atoms with Gasteiger partial charge in [0, 0.05) is 45.3 Å². The van der Waals surface area contributed by atoms with Gasteiger partial charge >= 0.3 is 0 Å². The number of rotatable bonds is 5. The Hall–Kier alpha value is -1.59. The number of likely N-dealkylation sites (tertiary alicyclic amines) is 1. The van der Waals surface area contributed by atoms with Gasteiger partial charge in [0.15, 0.2) is 0 Å². The number of methoxy groups -OCH3 is 1. The van der Waals surface area contributed by atoms with E-state index in [2.05, 4.69) is 23.8 Å². The predicted molar refractivity (Wildman–Crippen MR) is 105 cm³/mol. The predicted octanol–water partition coefficient (Wildman–Crippen LogP) is 2.11. The fourth-order valence-electron chi connectivity index (χ4n) is 4.21. The summed E-state index contributed by atoms with van der Waals surface area (Å²) in [5, 5.41) is 0. The number of hydrogen-bond donors (Lipinski definition) is 0. The van der Waals surface area contributed by atoms with Crippen LogP contribution in [0.5, 0.6) is 5.75 Å². The fraction of sp³-hybridized carbons (Fsp3) is 0.667. The minimum Gasteiger partial charge on any atom is -0.497 e. The third kappa shape index (κ3) is 4.98. The summed E-state index contributed by atoms with van der Waals surface area (Å²) in [6, 6.07) is 8.46. The van der Waals surface area contributed by atoms with Gasteiger partial charge in [0.05, 0.1) is 13.5 Å². The zero-order chi connectivity index (χ0) is 18.5. The molecule has 2 aliphatic heterocycles. The van der Waals surface area contributed by atoms with Crippen molar-refractivity contribution >= 4 is 5.91 Å². The van der Waals surface area contributed by atoms with E-state index in [1.165, 1.54) is 19.6 Å². The summed E-state index contributed by atoms with van der Waals surface area (Å²) in [5.74, 6) is 1.78. The molecule has 2 saturated heterocycles. The molecule has 2 heterocycles. The number of piperazine rings is 1. The summed E-state index contributed by atoms with van der Waals surface area (Å²) in [4.78, 5) is 19.7. The van der Waals surface area contributed by atoms with Crippen LogP contribution in [-0.2, 0) is 11.2 Å². The lowest BCUT2D eigenvalue weighted by atomic mass is 9.94. The van der Waals surface area contributed by atoms with Crippen LogP contribution in [0.15, 0.2) is 24.3 Å². The Balaban J connectivity index is 1.45. The largest absolute Gasteiger partial charge is 0.497 e. The molecule has 1 amide bonds. The van der Waals surface area contributed by atoms with E-state index in [4.69, 9.17) is 4.74 Å². The Bertz CT molecular complexity index is 599. The van der Waals surface area contributed by atoms with Crippen LogP contribution in [0.3, 0.4) is 0 Å². The van der Waals surface area contributed by atoms with E-state index >= 15 is 0 Å². The Morgan fingerprint density at radius 2 is 1.96 bits per heavy atom. The molecule has 5 nitrogen and oxygen atoms in total. The lowest BCUT2D eigenvalue weighted by Gasteiger charge is -2.41. The van der Waals surface area contributed by atoms with E-state index in [0.717, 1.165) is 49.7 Å². The van der Waals surface area contributed by atoms with Crippen LogP contribution in [0.4, 0.5) is 0 Å². The number of amides is 1. The van der Waals surface area contributed by atoms with Gasteiger partial charge in [-0.2, -0.15) is 0 Å². The number of benzene rings is 1. The smallest absolute Gasteiger partial charge is 0.226 e. The van der Waals surface area contributed by atoms with E-state index in [0.29, 0.717) is 12.5 Å². The lowest BCUT2D eigenvalue weighted by molar-refractivity contribution is -0.132. The van der Waals surface area contributed by atoms with Gasteiger partial charge in [-0.25, -0.2) is 0 Å². The molecule has 2 fully saturated rings. The highest BCUT2D eigenvalue weighted by Crippen LogP contribution is 2.22.